The van der Waals surface area contributed by atoms with Crippen LogP contribution in [-0.2, 0) is 19.4 Å². The molecule has 1 fully saturated rings. The van der Waals surface area contributed by atoms with E-state index in [0.29, 0.717) is 37.1 Å². The summed E-state index contributed by atoms with van der Waals surface area (Å²) in [6, 6.07) is 18.3. The van der Waals surface area contributed by atoms with Gasteiger partial charge in [-0.15, -0.1) is 0 Å². The van der Waals surface area contributed by atoms with Crippen LogP contribution in [0.25, 0.3) is 0 Å². The average Bonchev–Trinajstić information content (AvgIpc) is 3.58. The molecular formula is C36H43NO4. The number of nitrogens with zero attached hydrogens (tertiary/aromatic N) is 1. The van der Waals surface area contributed by atoms with Gasteiger partial charge in [0.15, 0.2) is 5.76 Å². The van der Waals surface area contributed by atoms with Crippen LogP contribution in [0, 0.1) is 5.41 Å². The smallest absolute Gasteiger partial charge is 0.228 e. The fourth-order valence-corrected chi connectivity index (χ4v) is 7.80. The lowest BCUT2D eigenvalue weighted by Gasteiger charge is -2.47. The van der Waals surface area contributed by atoms with Crippen molar-refractivity contribution in [3.63, 3.8) is 0 Å². The zero-order valence-electron chi connectivity index (χ0n) is 24.4. The van der Waals surface area contributed by atoms with Crippen molar-refractivity contribution in [2.45, 2.75) is 89.4 Å². The van der Waals surface area contributed by atoms with Gasteiger partial charge in [0, 0.05) is 30.6 Å². The first-order valence-corrected chi connectivity index (χ1v) is 15.3. The number of carbonyl (C=O) groups is 1. The van der Waals surface area contributed by atoms with Gasteiger partial charge in [0.25, 0.3) is 0 Å². The van der Waals surface area contributed by atoms with Gasteiger partial charge in [0.05, 0.1) is 18.0 Å². The highest BCUT2D eigenvalue weighted by molar-refractivity contribution is 6.08. The Morgan fingerprint density at radius 1 is 1.05 bits per heavy atom. The number of rotatable bonds is 4. The first-order valence-electron chi connectivity index (χ1n) is 15.3. The molecule has 1 saturated carbocycles. The van der Waals surface area contributed by atoms with E-state index in [0.717, 1.165) is 56.3 Å². The second kappa shape index (κ2) is 11.4. The third-order valence-corrected chi connectivity index (χ3v) is 10.4. The van der Waals surface area contributed by atoms with Gasteiger partial charge in [-0.2, -0.15) is 0 Å². The number of aliphatic hydroxyl groups is 2. The number of furan rings is 1. The standard InChI is InChI=1S/C36H43NO4/c1-25-7-5-17-35(2)32(15-18-36(35,40)24-37-19-16-27-8-3-4-9-28(27)23-37)30-14-12-26(21-29(38)13-11-25)22-31(30)34(39)33-10-6-20-41-33/h3-4,6-10,12,14,20,22,29,32,38,40H,5,11,13,15-19,21,23-24H2,1-2H3/t29-,32-,35-,36+/m0/s1. The summed E-state index contributed by atoms with van der Waals surface area (Å²) in [5.74, 6) is 0.217. The molecule has 2 aromatic carbocycles. The van der Waals surface area contributed by atoms with Crippen LogP contribution in [-0.4, -0.2) is 45.7 Å². The summed E-state index contributed by atoms with van der Waals surface area (Å²) in [5.41, 5.74) is 5.33. The third-order valence-electron chi connectivity index (χ3n) is 10.4. The maximum Gasteiger partial charge on any atom is 0.228 e. The van der Waals surface area contributed by atoms with Crippen molar-refractivity contribution in [3.8, 4) is 0 Å². The lowest BCUT2D eigenvalue weighted by molar-refractivity contribution is -0.0856. The highest BCUT2D eigenvalue weighted by atomic mass is 16.3. The van der Waals surface area contributed by atoms with E-state index in [9.17, 15) is 15.0 Å². The Labute approximate surface area is 243 Å². The van der Waals surface area contributed by atoms with Crippen molar-refractivity contribution >= 4 is 5.78 Å². The zero-order chi connectivity index (χ0) is 28.6. The lowest BCUT2D eigenvalue weighted by atomic mass is 9.64. The van der Waals surface area contributed by atoms with E-state index in [2.05, 4.69) is 61.2 Å². The zero-order valence-corrected chi connectivity index (χ0v) is 24.4. The van der Waals surface area contributed by atoms with Gasteiger partial charge in [-0.3, -0.25) is 9.69 Å². The molecule has 2 N–H and O–H groups in total. The first-order chi connectivity index (χ1) is 19.8. The van der Waals surface area contributed by atoms with Crippen LogP contribution >= 0.6 is 0 Å². The molecule has 5 nitrogen and oxygen atoms in total. The fourth-order valence-electron chi connectivity index (χ4n) is 7.80. The molecule has 0 saturated heterocycles. The molecule has 3 aromatic rings. The summed E-state index contributed by atoms with van der Waals surface area (Å²) in [5, 5.41) is 23.4. The monoisotopic (exact) mass is 553 g/mol. The molecule has 2 bridgehead atoms. The molecule has 5 heteroatoms. The van der Waals surface area contributed by atoms with Gasteiger partial charge in [-0.1, -0.05) is 55.0 Å². The SMILES string of the molecule is CC1=CCC[C@@]2(C)[C@@H](CC[C@@]2(O)CN2CCc3ccccc3C2)c2ccc(cc2C(=O)c2ccco2)C[C@@H](O)CC1. The number of fused-ring (bicyclic) bond motifs is 9. The van der Waals surface area contributed by atoms with E-state index < -0.39 is 17.1 Å². The molecule has 216 valence electrons. The summed E-state index contributed by atoms with van der Waals surface area (Å²) < 4.78 is 5.55. The van der Waals surface area contributed by atoms with Gasteiger partial charge < -0.3 is 14.6 Å². The van der Waals surface area contributed by atoms with E-state index >= 15 is 0 Å². The number of hydrogen-bond acceptors (Lipinski definition) is 5. The largest absolute Gasteiger partial charge is 0.461 e. The molecule has 7 rings (SSSR count). The van der Waals surface area contributed by atoms with Crippen LogP contribution in [0.15, 0.2) is 76.9 Å². The predicted octanol–water partition coefficient (Wildman–Crippen LogP) is 6.61. The molecule has 4 aliphatic rings. The van der Waals surface area contributed by atoms with Crippen molar-refractivity contribution in [1.82, 2.24) is 4.90 Å². The minimum absolute atomic E-state index is 0.0223. The Hall–Kier alpha value is -2.99. The van der Waals surface area contributed by atoms with Gasteiger partial charge in [-0.25, -0.2) is 0 Å². The van der Waals surface area contributed by atoms with E-state index in [1.807, 2.05) is 6.07 Å². The topological polar surface area (TPSA) is 73.9 Å². The third kappa shape index (κ3) is 5.48. The Balaban J connectivity index is 1.39. The van der Waals surface area contributed by atoms with Gasteiger partial charge in [0.2, 0.25) is 5.78 Å². The molecule has 4 atom stereocenters. The molecule has 0 spiro atoms. The number of ketones is 1. The summed E-state index contributed by atoms with van der Waals surface area (Å²) >= 11 is 0. The van der Waals surface area contributed by atoms with Gasteiger partial charge in [0.1, 0.15) is 0 Å². The summed E-state index contributed by atoms with van der Waals surface area (Å²) in [7, 11) is 0. The molecule has 0 unspecified atom stereocenters. The van der Waals surface area contributed by atoms with E-state index in [1.54, 1.807) is 12.1 Å². The number of aliphatic hydroxyl groups excluding tert-OH is 1. The Morgan fingerprint density at radius 3 is 2.68 bits per heavy atom. The number of hydrogen-bond donors (Lipinski definition) is 2. The number of β-amino-alcohol motifs (C(OH)–C–C–N with tert-alkyl or cyclic N) is 1. The molecule has 1 aromatic heterocycles. The maximum absolute atomic E-state index is 13.8. The second-order valence-corrected chi connectivity index (χ2v) is 13.0. The molecule has 2 heterocycles. The summed E-state index contributed by atoms with van der Waals surface area (Å²) in [6.07, 6.45) is 9.62. The van der Waals surface area contributed by atoms with Crippen LogP contribution in [0.1, 0.15) is 96.7 Å². The van der Waals surface area contributed by atoms with Crippen molar-refractivity contribution in [3.05, 3.63) is 106 Å². The van der Waals surface area contributed by atoms with Crippen molar-refractivity contribution < 1.29 is 19.4 Å². The average molecular weight is 554 g/mol. The van der Waals surface area contributed by atoms with Crippen LogP contribution in [0.5, 0.6) is 0 Å². The molecule has 3 aliphatic carbocycles. The van der Waals surface area contributed by atoms with Crippen LogP contribution in [0.4, 0.5) is 0 Å². The highest BCUT2D eigenvalue weighted by Crippen LogP contribution is 2.59. The second-order valence-electron chi connectivity index (χ2n) is 13.0. The molecule has 41 heavy (non-hydrogen) atoms. The quantitative estimate of drug-likeness (QED) is 0.281. The molecule has 1 aliphatic heterocycles. The number of carbonyl (C=O) groups excluding carboxylic acids is 1. The van der Waals surface area contributed by atoms with E-state index in [4.69, 9.17) is 4.42 Å². The minimum atomic E-state index is -0.886. The lowest BCUT2D eigenvalue weighted by Crippen LogP contribution is -2.53. The molecule has 0 amide bonds. The van der Waals surface area contributed by atoms with Crippen molar-refractivity contribution in [2.24, 2.45) is 5.41 Å². The summed E-state index contributed by atoms with van der Waals surface area (Å²) in [4.78, 5) is 16.3. The highest BCUT2D eigenvalue weighted by Gasteiger charge is 2.57. The van der Waals surface area contributed by atoms with Gasteiger partial charge in [-0.05, 0) is 105 Å². The molecular weight excluding hydrogens is 510 g/mol. The first kappa shape index (κ1) is 28.1. The van der Waals surface area contributed by atoms with Crippen molar-refractivity contribution in [1.29, 1.82) is 0 Å². The van der Waals surface area contributed by atoms with Crippen LogP contribution < -0.4 is 0 Å². The van der Waals surface area contributed by atoms with Gasteiger partial charge >= 0.3 is 0 Å². The fraction of sp³-hybridized carbons (Fsp3) is 0.472. The maximum atomic E-state index is 13.8. The van der Waals surface area contributed by atoms with E-state index in [-0.39, 0.29) is 11.7 Å². The Kier molecular flexibility index (Phi) is 7.80. The Bertz CT molecular complexity index is 1430. The summed E-state index contributed by atoms with van der Waals surface area (Å²) in [6.45, 7) is 6.84. The predicted molar refractivity (Wildman–Crippen MR) is 161 cm³/mol. The number of allylic oxidation sites excluding steroid dienone is 2. The van der Waals surface area contributed by atoms with Crippen LogP contribution in [0.3, 0.4) is 0 Å². The molecule has 0 radical (unpaired) electrons. The number of benzene rings is 2. The minimum Gasteiger partial charge on any atom is -0.461 e. The van der Waals surface area contributed by atoms with Crippen LogP contribution in [0.2, 0.25) is 0 Å². The van der Waals surface area contributed by atoms with E-state index in [1.165, 1.54) is 23.0 Å². The normalized spacial score (nSPS) is 28.9. The van der Waals surface area contributed by atoms with Crippen molar-refractivity contribution in [2.75, 3.05) is 13.1 Å². The Morgan fingerprint density at radius 2 is 1.88 bits per heavy atom.